The van der Waals surface area contributed by atoms with Gasteiger partial charge in [-0.3, -0.25) is 4.79 Å². The van der Waals surface area contributed by atoms with E-state index < -0.39 is 6.04 Å². The monoisotopic (exact) mass is 259 g/mol. The van der Waals surface area contributed by atoms with Crippen molar-refractivity contribution in [3.05, 3.63) is 29.8 Å². The molecule has 0 radical (unpaired) electrons. The lowest BCUT2D eigenvalue weighted by atomic mass is 10.1. The second-order valence-corrected chi connectivity index (χ2v) is 4.66. The number of carbonyl (C=O) groups excluding carboxylic acids is 1. The number of nitrogens with zero attached hydrogens (tertiary/aromatic N) is 3. The number of carbonyl (C=O) groups is 1. The molecule has 1 fully saturated rings. The summed E-state index contributed by atoms with van der Waals surface area (Å²) in [5.41, 5.74) is 1.45. The molecule has 0 saturated carbocycles. The molecule has 1 amide bonds. The maximum absolute atomic E-state index is 12.2. The van der Waals surface area contributed by atoms with Crippen LogP contribution in [0.15, 0.2) is 24.3 Å². The first-order valence-electron chi connectivity index (χ1n) is 6.30. The minimum absolute atomic E-state index is 0.0654. The SMILES string of the molecule is CN1CCCN(c2ccc(C#N)cc2)C(CO)C1=O. The molecule has 5 nitrogen and oxygen atoms in total. The van der Waals surface area contributed by atoms with E-state index in [2.05, 4.69) is 6.07 Å². The standard InChI is InChI=1S/C14H17N3O2/c1-16-7-2-8-17(13(10-18)14(16)19)12-5-3-11(9-15)4-6-12/h3-6,13,18H,2,7-8,10H2,1H3. The van der Waals surface area contributed by atoms with Crippen LogP contribution in [0.5, 0.6) is 0 Å². The number of aliphatic hydroxyl groups is 1. The highest BCUT2D eigenvalue weighted by Crippen LogP contribution is 2.21. The Bertz CT molecular complexity index is 492. The molecule has 0 bridgehead atoms. The number of hydrogen-bond acceptors (Lipinski definition) is 4. The fourth-order valence-electron chi connectivity index (χ4n) is 2.35. The highest BCUT2D eigenvalue weighted by Gasteiger charge is 2.30. The topological polar surface area (TPSA) is 67.6 Å². The molecular weight excluding hydrogens is 242 g/mol. The van der Waals surface area contributed by atoms with Crippen molar-refractivity contribution in [2.24, 2.45) is 0 Å². The third kappa shape index (κ3) is 2.69. The predicted molar refractivity (Wildman–Crippen MR) is 71.6 cm³/mol. The van der Waals surface area contributed by atoms with Gasteiger partial charge in [0, 0.05) is 25.8 Å². The Morgan fingerprint density at radius 2 is 2.05 bits per heavy atom. The summed E-state index contributed by atoms with van der Waals surface area (Å²) in [6.45, 7) is 1.21. The fourth-order valence-corrected chi connectivity index (χ4v) is 2.35. The zero-order chi connectivity index (χ0) is 13.8. The first kappa shape index (κ1) is 13.4. The number of anilines is 1. The van der Waals surface area contributed by atoms with Crippen LogP contribution in [0.3, 0.4) is 0 Å². The number of nitriles is 1. The van der Waals surface area contributed by atoms with E-state index in [1.807, 2.05) is 17.0 Å². The normalized spacial score (nSPS) is 20.1. The highest BCUT2D eigenvalue weighted by molar-refractivity contribution is 5.85. The van der Waals surface area contributed by atoms with Crippen LogP contribution in [-0.2, 0) is 4.79 Å². The van der Waals surface area contributed by atoms with Gasteiger partial charge in [-0.25, -0.2) is 0 Å². The Kier molecular flexibility index (Phi) is 4.03. The Hall–Kier alpha value is -2.06. The minimum Gasteiger partial charge on any atom is -0.394 e. The van der Waals surface area contributed by atoms with Gasteiger partial charge in [-0.2, -0.15) is 5.26 Å². The number of aliphatic hydroxyl groups excluding tert-OH is 1. The van der Waals surface area contributed by atoms with Crippen LogP contribution in [-0.4, -0.2) is 48.7 Å². The summed E-state index contributed by atoms with van der Waals surface area (Å²) in [6.07, 6.45) is 0.860. The van der Waals surface area contributed by atoms with Crippen molar-refractivity contribution >= 4 is 11.6 Å². The number of benzene rings is 1. The van der Waals surface area contributed by atoms with Gasteiger partial charge in [0.15, 0.2) is 0 Å². The van der Waals surface area contributed by atoms with Crippen LogP contribution in [0, 0.1) is 11.3 Å². The highest BCUT2D eigenvalue weighted by atomic mass is 16.3. The number of hydrogen-bond donors (Lipinski definition) is 1. The second kappa shape index (κ2) is 5.72. The molecule has 1 unspecified atom stereocenters. The molecule has 0 aliphatic carbocycles. The van der Waals surface area contributed by atoms with Gasteiger partial charge < -0.3 is 14.9 Å². The van der Waals surface area contributed by atoms with E-state index in [0.717, 1.165) is 12.1 Å². The molecule has 0 aromatic heterocycles. The first-order chi connectivity index (χ1) is 9.17. The molecular formula is C14H17N3O2. The van der Waals surface area contributed by atoms with Crippen LogP contribution in [0.1, 0.15) is 12.0 Å². The molecule has 0 spiro atoms. The molecule has 100 valence electrons. The van der Waals surface area contributed by atoms with Gasteiger partial charge in [0.2, 0.25) is 5.91 Å². The smallest absolute Gasteiger partial charge is 0.247 e. The van der Waals surface area contributed by atoms with Gasteiger partial charge in [-0.1, -0.05) is 0 Å². The zero-order valence-corrected chi connectivity index (χ0v) is 10.9. The lowest BCUT2D eigenvalue weighted by Gasteiger charge is -2.30. The molecule has 1 aromatic rings. The molecule has 1 saturated heterocycles. The lowest BCUT2D eigenvalue weighted by molar-refractivity contribution is -0.131. The van der Waals surface area contributed by atoms with E-state index in [9.17, 15) is 9.90 Å². The molecule has 1 heterocycles. The largest absolute Gasteiger partial charge is 0.394 e. The van der Waals surface area contributed by atoms with Crippen molar-refractivity contribution in [2.45, 2.75) is 12.5 Å². The summed E-state index contributed by atoms with van der Waals surface area (Å²) >= 11 is 0. The molecule has 1 atom stereocenters. The Morgan fingerprint density at radius 1 is 1.37 bits per heavy atom. The van der Waals surface area contributed by atoms with E-state index in [1.165, 1.54) is 0 Å². The van der Waals surface area contributed by atoms with Crippen molar-refractivity contribution in [1.82, 2.24) is 4.90 Å². The van der Waals surface area contributed by atoms with Gasteiger partial charge in [-0.05, 0) is 30.7 Å². The van der Waals surface area contributed by atoms with Crippen molar-refractivity contribution < 1.29 is 9.90 Å². The van der Waals surface area contributed by atoms with Crippen LogP contribution >= 0.6 is 0 Å². The summed E-state index contributed by atoms with van der Waals surface area (Å²) in [6, 6.07) is 8.61. The van der Waals surface area contributed by atoms with Crippen molar-refractivity contribution in [3.63, 3.8) is 0 Å². The number of rotatable bonds is 2. The first-order valence-corrected chi connectivity index (χ1v) is 6.30. The second-order valence-electron chi connectivity index (χ2n) is 4.66. The number of amides is 1. The average molecular weight is 259 g/mol. The molecule has 1 aromatic carbocycles. The van der Waals surface area contributed by atoms with Crippen LogP contribution in [0.25, 0.3) is 0 Å². The lowest BCUT2D eigenvalue weighted by Crippen LogP contribution is -2.47. The summed E-state index contributed by atoms with van der Waals surface area (Å²) in [7, 11) is 1.76. The van der Waals surface area contributed by atoms with E-state index in [1.54, 1.807) is 24.1 Å². The van der Waals surface area contributed by atoms with E-state index in [0.29, 0.717) is 18.7 Å². The zero-order valence-electron chi connectivity index (χ0n) is 10.9. The van der Waals surface area contributed by atoms with Gasteiger partial charge in [-0.15, -0.1) is 0 Å². The van der Waals surface area contributed by atoms with Crippen molar-refractivity contribution in [3.8, 4) is 6.07 Å². The van der Waals surface area contributed by atoms with Crippen molar-refractivity contribution in [2.75, 3.05) is 31.6 Å². The maximum atomic E-state index is 12.2. The molecule has 1 N–H and O–H groups in total. The van der Waals surface area contributed by atoms with Gasteiger partial charge >= 0.3 is 0 Å². The molecule has 5 heteroatoms. The van der Waals surface area contributed by atoms with Crippen molar-refractivity contribution in [1.29, 1.82) is 5.26 Å². The average Bonchev–Trinajstić information content (AvgIpc) is 2.59. The Labute approximate surface area is 112 Å². The molecule has 1 aliphatic rings. The van der Waals surface area contributed by atoms with E-state index in [4.69, 9.17) is 5.26 Å². The quantitative estimate of drug-likeness (QED) is 0.844. The third-order valence-electron chi connectivity index (χ3n) is 3.43. The van der Waals surface area contributed by atoms with E-state index in [-0.39, 0.29) is 12.5 Å². The predicted octanol–water partition coefficient (Wildman–Crippen LogP) is 0.588. The maximum Gasteiger partial charge on any atom is 0.247 e. The van der Waals surface area contributed by atoms with Crippen LogP contribution in [0.2, 0.25) is 0 Å². The summed E-state index contributed by atoms with van der Waals surface area (Å²) < 4.78 is 0. The fraction of sp³-hybridized carbons (Fsp3) is 0.429. The molecule has 19 heavy (non-hydrogen) atoms. The molecule has 1 aliphatic heterocycles. The summed E-state index contributed by atoms with van der Waals surface area (Å²) in [5.74, 6) is -0.0654. The third-order valence-corrected chi connectivity index (χ3v) is 3.43. The van der Waals surface area contributed by atoms with E-state index >= 15 is 0 Å². The number of likely N-dealkylation sites (N-methyl/N-ethyl adjacent to an activating group) is 1. The van der Waals surface area contributed by atoms with Crippen LogP contribution < -0.4 is 4.90 Å². The Morgan fingerprint density at radius 3 is 2.63 bits per heavy atom. The van der Waals surface area contributed by atoms with Gasteiger partial charge in [0.1, 0.15) is 6.04 Å². The Balaban J connectivity index is 2.29. The van der Waals surface area contributed by atoms with Gasteiger partial charge in [0.25, 0.3) is 0 Å². The van der Waals surface area contributed by atoms with Crippen LogP contribution in [0.4, 0.5) is 5.69 Å². The minimum atomic E-state index is -0.541. The molecule has 2 rings (SSSR count). The summed E-state index contributed by atoms with van der Waals surface area (Å²) in [5, 5.41) is 18.3. The van der Waals surface area contributed by atoms with Gasteiger partial charge in [0.05, 0.1) is 18.2 Å². The summed E-state index contributed by atoms with van der Waals surface area (Å²) in [4.78, 5) is 15.7.